The minimum atomic E-state index is -0.617. The molecule has 0 fully saturated rings. The molecule has 0 aliphatic carbocycles. The highest BCUT2D eigenvalue weighted by Crippen LogP contribution is 2.36. The van der Waals surface area contributed by atoms with Gasteiger partial charge in [-0.1, -0.05) is 66.7 Å². The Hall–Kier alpha value is -4.17. The molecular weight excluding hydrogens is 484 g/mol. The van der Waals surface area contributed by atoms with Crippen molar-refractivity contribution in [2.45, 2.75) is 39.0 Å². The van der Waals surface area contributed by atoms with Crippen LogP contribution in [0.4, 0.5) is 4.79 Å². The van der Waals surface area contributed by atoms with Gasteiger partial charge in [-0.25, -0.2) is 4.79 Å². The maximum absolute atomic E-state index is 13.7. The van der Waals surface area contributed by atoms with Crippen molar-refractivity contribution >= 4 is 17.9 Å². The van der Waals surface area contributed by atoms with Crippen LogP contribution in [0.25, 0.3) is 0 Å². The minimum Gasteiger partial charge on any atom is -0.491 e. The van der Waals surface area contributed by atoms with E-state index in [4.69, 9.17) is 14.2 Å². The first kappa shape index (κ1) is 26.9. The zero-order valence-electron chi connectivity index (χ0n) is 21.8. The van der Waals surface area contributed by atoms with Gasteiger partial charge in [-0.3, -0.25) is 14.5 Å². The number of imide groups is 1. The van der Waals surface area contributed by atoms with Crippen molar-refractivity contribution in [1.82, 2.24) is 10.2 Å². The number of carbonyl (C=O) groups excluding carboxylic acids is 3. The lowest BCUT2D eigenvalue weighted by Gasteiger charge is -2.26. The maximum atomic E-state index is 13.7. The van der Waals surface area contributed by atoms with Crippen molar-refractivity contribution in [2.75, 3.05) is 19.8 Å². The summed E-state index contributed by atoms with van der Waals surface area (Å²) in [6.45, 7) is 6.09. The van der Waals surface area contributed by atoms with Gasteiger partial charge in [0.25, 0.3) is 11.8 Å². The predicted octanol–water partition coefficient (Wildman–Crippen LogP) is 5.14. The molecule has 0 radical (unpaired) electrons. The standard InChI is InChI=1S/C30H32N2O6/c1-30(2,3)38-29(35)31-17-18-37-25-16-10-15-23-26(25)28(34)32(27(23)33)24(22-13-8-5-9-14-22)20-36-19-21-11-6-4-7-12-21/h4-16,24H,17-20H2,1-3H3,(H,31,35)/t24-/m1/s1. The van der Waals surface area contributed by atoms with Crippen LogP contribution in [-0.2, 0) is 16.1 Å². The number of nitrogens with one attached hydrogen (secondary N) is 1. The fourth-order valence-corrected chi connectivity index (χ4v) is 4.16. The van der Waals surface area contributed by atoms with Crippen LogP contribution >= 0.6 is 0 Å². The van der Waals surface area contributed by atoms with Gasteiger partial charge in [-0.15, -0.1) is 0 Å². The van der Waals surface area contributed by atoms with Crippen molar-refractivity contribution in [2.24, 2.45) is 0 Å². The molecule has 0 bridgehead atoms. The highest BCUT2D eigenvalue weighted by Gasteiger charge is 2.42. The second kappa shape index (κ2) is 11.9. The van der Waals surface area contributed by atoms with Gasteiger partial charge < -0.3 is 19.5 Å². The monoisotopic (exact) mass is 516 g/mol. The number of fused-ring (bicyclic) bond motifs is 1. The Bertz CT molecular complexity index is 1270. The molecule has 0 saturated carbocycles. The van der Waals surface area contributed by atoms with Crippen molar-refractivity contribution < 1.29 is 28.6 Å². The first-order valence-corrected chi connectivity index (χ1v) is 12.5. The van der Waals surface area contributed by atoms with Crippen LogP contribution in [0.1, 0.15) is 58.7 Å². The number of nitrogens with zero attached hydrogens (tertiary/aromatic N) is 1. The van der Waals surface area contributed by atoms with Gasteiger partial charge in [0, 0.05) is 0 Å². The molecule has 3 aromatic carbocycles. The Morgan fingerprint density at radius 2 is 1.58 bits per heavy atom. The van der Waals surface area contributed by atoms with Crippen LogP contribution in [-0.4, -0.2) is 48.2 Å². The van der Waals surface area contributed by atoms with Crippen LogP contribution in [0, 0.1) is 0 Å². The van der Waals surface area contributed by atoms with Crippen molar-refractivity contribution in [1.29, 1.82) is 0 Å². The van der Waals surface area contributed by atoms with E-state index >= 15 is 0 Å². The van der Waals surface area contributed by atoms with Crippen LogP contribution in [0.5, 0.6) is 5.75 Å². The SMILES string of the molecule is CC(C)(C)OC(=O)NCCOc1cccc2c1C(=O)N([C@H](COCc1ccccc1)c1ccccc1)C2=O. The lowest BCUT2D eigenvalue weighted by Crippen LogP contribution is -2.36. The summed E-state index contributed by atoms with van der Waals surface area (Å²) in [4.78, 5) is 40.3. The Morgan fingerprint density at radius 3 is 2.26 bits per heavy atom. The Morgan fingerprint density at radius 1 is 0.895 bits per heavy atom. The van der Waals surface area contributed by atoms with Gasteiger partial charge >= 0.3 is 6.09 Å². The quantitative estimate of drug-likeness (QED) is 0.296. The van der Waals surface area contributed by atoms with E-state index in [-0.39, 0.29) is 36.6 Å². The largest absolute Gasteiger partial charge is 0.491 e. The zero-order valence-corrected chi connectivity index (χ0v) is 21.8. The van der Waals surface area contributed by atoms with E-state index in [0.717, 1.165) is 11.1 Å². The fraction of sp³-hybridized carbons (Fsp3) is 0.300. The summed E-state index contributed by atoms with van der Waals surface area (Å²) in [7, 11) is 0. The van der Waals surface area contributed by atoms with Gasteiger partial charge in [0.05, 0.1) is 36.9 Å². The summed E-state index contributed by atoms with van der Waals surface area (Å²) in [5.74, 6) is -0.566. The van der Waals surface area contributed by atoms with Crippen molar-refractivity contribution in [3.63, 3.8) is 0 Å². The average Bonchev–Trinajstić information content (AvgIpc) is 3.15. The second-order valence-electron chi connectivity index (χ2n) is 9.86. The lowest BCUT2D eigenvalue weighted by molar-refractivity contribution is 0.0357. The number of rotatable bonds is 10. The van der Waals surface area contributed by atoms with E-state index in [1.54, 1.807) is 39.0 Å². The van der Waals surface area contributed by atoms with E-state index < -0.39 is 29.6 Å². The summed E-state index contributed by atoms with van der Waals surface area (Å²) in [6, 6.07) is 23.4. The molecule has 8 nitrogen and oxygen atoms in total. The number of hydrogen-bond acceptors (Lipinski definition) is 6. The third-order valence-corrected chi connectivity index (χ3v) is 5.82. The minimum absolute atomic E-state index is 0.0967. The molecular formula is C30H32N2O6. The lowest BCUT2D eigenvalue weighted by atomic mass is 10.1. The molecule has 0 unspecified atom stereocenters. The Kier molecular flexibility index (Phi) is 8.43. The number of amides is 3. The molecule has 1 heterocycles. The van der Waals surface area contributed by atoms with Gasteiger partial charge in [-0.05, 0) is 44.0 Å². The summed E-state index contributed by atoms with van der Waals surface area (Å²) in [6.07, 6.45) is -0.557. The molecule has 0 spiro atoms. The van der Waals surface area contributed by atoms with Crippen LogP contribution in [0.2, 0.25) is 0 Å². The van der Waals surface area contributed by atoms with Gasteiger partial charge in [-0.2, -0.15) is 0 Å². The molecule has 38 heavy (non-hydrogen) atoms. The summed E-state index contributed by atoms with van der Waals surface area (Å²) >= 11 is 0. The average molecular weight is 517 g/mol. The van der Waals surface area contributed by atoms with E-state index in [2.05, 4.69) is 5.32 Å². The molecule has 3 amide bonds. The Labute approximate surface area is 222 Å². The van der Waals surface area contributed by atoms with Crippen molar-refractivity contribution in [3.05, 3.63) is 101 Å². The summed E-state index contributed by atoms with van der Waals surface area (Å²) < 4.78 is 17.0. The highest BCUT2D eigenvalue weighted by atomic mass is 16.6. The summed E-state index contributed by atoms with van der Waals surface area (Å²) in [5.41, 5.74) is 1.66. The number of carbonyl (C=O) groups is 3. The third kappa shape index (κ3) is 6.58. The number of benzene rings is 3. The molecule has 1 atom stereocenters. The molecule has 1 aliphatic rings. The molecule has 1 aliphatic heterocycles. The number of alkyl carbamates (subject to hydrolysis) is 1. The predicted molar refractivity (Wildman–Crippen MR) is 142 cm³/mol. The van der Waals surface area contributed by atoms with Gasteiger partial charge in [0.1, 0.15) is 18.0 Å². The molecule has 8 heteroatoms. The van der Waals surface area contributed by atoms with Gasteiger partial charge in [0.2, 0.25) is 0 Å². The topological polar surface area (TPSA) is 94.2 Å². The normalized spacial score (nSPS) is 13.7. The van der Waals surface area contributed by atoms with Crippen molar-refractivity contribution in [3.8, 4) is 5.75 Å². The Balaban J connectivity index is 1.48. The zero-order chi connectivity index (χ0) is 27.1. The highest BCUT2D eigenvalue weighted by molar-refractivity contribution is 6.22. The second-order valence-corrected chi connectivity index (χ2v) is 9.86. The molecule has 3 aromatic rings. The molecule has 0 saturated heterocycles. The van der Waals surface area contributed by atoms with E-state index in [1.165, 1.54) is 4.90 Å². The first-order chi connectivity index (χ1) is 18.2. The first-order valence-electron chi connectivity index (χ1n) is 12.5. The van der Waals surface area contributed by atoms with E-state index in [0.29, 0.717) is 6.61 Å². The fourth-order valence-electron chi connectivity index (χ4n) is 4.16. The molecule has 198 valence electrons. The number of ether oxygens (including phenoxy) is 3. The maximum Gasteiger partial charge on any atom is 0.407 e. The van der Waals surface area contributed by atoms with Crippen LogP contribution in [0.3, 0.4) is 0 Å². The van der Waals surface area contributed by atoms with Gasteiger partial charge in [0.15, 0.2) is 0 Å². The smallest absolute Gasteiger partial charge is 0.407 e. The van der Waals surface area contributed by atoms with E-state index in [1.807, 2.05) is 60.7 Å². The molecule has 4 rings (SSSR count). The van der Waals surface area contributed by atoms with Crippen LogP contribution in [0.15, 0.2) is 78.9 Å². The number of hydrogen-bond donors (Lipinski definition) is 1. The molecule has 1 N–H and O–H groups in total. The molecule has 0 aromatic heterocycles. The summed E-state index contributed by atoms with van der Waals surface area (Å²) in [5, 5.41) is 2.62. The van der Waals surface area contributed by atoms with Crippen LogP contribution < -0.4 is 10.1 Å². The third-order valence-electron chi connectivity index (χ3n) is 5.82. The van der Waals surface area contributed by atoms with E-state index in [9.17, 15) is 14.4 Å².